The van der Waals surface area contributed by atoms with E-state index in [2.05, 4.69) is 23.5 Å². The average molecular weight is 407 g/mol. The van der Waals surface area contributed by atoms with Gasteiger partial charge in [0.1, 0.15) is 5.82 Å². The van der Waals surface area contributed by atoms with Gasteiger partial charge in [0, 0.05) is 12.3 Å². The van der Waals surface area contributed by atoms with Crippen molar-refractivity contribution in [3.05, 3.63) is 47.3 Å². The van der Waals surface area contributed by atoms with E-state index in [1.54, 1.807) is 0 Å². The molecule has 1 saturated heterocycles. The van der Waals surface area contributed by atoms with Gasteiger partial charge in [0.05, 0.1) is 17.2 Å². The Hall–Kier alpha value is -2.02. The molecule has 3 rings (SSSR count). The highest BCUT2D eigenvalue weighted by Crippen LogP contribution is 2.29. The number of hydrogen-bond acceptors (Lipinski definition) is 4. The monoisotopic (exact) mass is 406 g/mol. The van der Waals surface area contributed by atoms with Gasteiger partial charge in [0.25, 0.3) is 0 Å². The van der Waals surface area contributed by atoms with E-state index in [0.717, 1.165) is 37.7 Å². The Balaban J connectivity index is 1.56. The van der Waals surface area contributed by atoms with Gasteiger partial charge in [-0.3, -0.25) is 4.79 Å². The van der Waals surface area contributed by atoms with Crippen LogP contribution in [0.15, 0.2) is 41.0 Å². The van der Waals surface area contributed by atoms with E-state index >= 15 is 0 Å². The van der Waals surface area contributed by atoms with Crippen LogP contribution in [-0.4, -0.2) is 31.5 Å². The van der Waals surface area contributed by atoms with Crippen molar-refractivity contribution in [2.45, 2.75) is 45.4 Å². The number of hydrogen-bond donors (Lipinski definition) is 1. The van der Waals surface area contributed by atoms with Crippen molar-refractivity contribution in [1.82, 2.24) is 5.43 Å². The van der Waals surface area contributed by atoms with Gasteiger partial charge in [-0.1, -0.05) is 30.7 Å². The molecular formula is C21H27FN2O3S. The number of nitrogens with one attached hydrogen (secondary N) is 1. The lowest BCUT2D eigenvalue weighted by atomic mass is 9.81. The third kappa shape index (κ3) is 5.74. The number of sulfone groups is 1. The minimum atomic E-state index is -3.03. The molecule has 0 saturated carbocycles. The molecule has 1 aromatic carbocycles. The van der Waals surface area contributed by atoms with Crippen LogP contribution in [0.5, 0.6) is 0 Å². The van der Waals surface area contributed by atoms with Crippen molar-refractivity contribution in [3.63, 3.8) is 0 Å². The maximum atomic E-state index is 13.1. The van der Waals surface area contributed by atoms with Crippen molar-refractivity contribution < 1.29 is 17.6 Å². The first-order valence-electron chi connectivity index (χ1n) is 9.80. The van der Waals surface area contributed by atoms with Crippen molar-refractivity contribution >= 4 is 21.5 Å². The van der Waals surface area contributed by atoms with Crippen LogP contribution in [0.25, 0.3) is 0 Å². The molecule has 1 amide bonds. The summed E-state index contributed by atoms with van der Waals surface area (Å²) in [5.74, 6) is -0.210. The number of carbonyl (C=O) groups is 1. The summed E-state index contributed by atoms with van der Waals surface area (Å²) in [6.07, 6.45) is 6.77. The van der Waals surface area contributed by atoms with Gasteiger partial charge < -0.3 is 0 Å². The second kappa shape index (κ2) is 8.99. The van der Waals surface area contributed by atoms with E-state index in [0.29, 0.717) is 12.1 Å². The van der Waals surface area contributed by atoms with E-state index in [-0.39, 0.29) is 35.1 Å². The quantitative estimate of drug-likeness (QED) is 0.615. The van der Waals surface area contributed by atoms with Crippen molar-refractivity contribution in [2.24, 2.45) is 16.9 Å². The Morgan fingerprint density at radius 1 is 1.21 bits per heavy atom. The van der Waals surface area contributed by atoms with E-state index in [1.807, 2.05) is 12.1 Å². The lowest BCUT2D eigenvalue weighted by molar-refractivity contribution is -0.126. The largest absolute Gasteiger partial charge is 0.273 e. The second-order valence-electron chi connectivity index (χ2n) is 7.86. The standard InChI is InChI=1S/C21H27FN2O3S/c1-15-5-6-16(13-17-7-9-18(22)10-8-17)3-2-4-20(15)21(25)24-23-19-11-12-28(26,27)14-19/h3,7-10,15,20H,2,4-6,11-14H2,1H3,(H,24,25)/b16-3+,23-19-. The predicted molar refractivity (Wildman–Crippen MR) is 108 cm³/mol. The van der Waals surface area contributed by atoms with Gasteiger partial charge in [-0.25, -0.2) is 18.2 Å². The van der Waals surface area contributed by atoms with Gasteiger partial charge in [-0.2, -0.15) is 5.10 Å². The lowest BCUT2D eigenvalue weighted by Crippen LogP contribution is -2.32. The van der Waals surface area contributed by atoms with Crippen LogP contribution in [0, 0.1) is 17.7 Å². The molecule has 1 aliphatic heterocycles. The van der Waals surface area contributed by atoms with Crippen LogP contribution >= 0.6 is 0 Å². The minimum Gasteiger partial charge on any atom is -0.273 e. The first-order valence-corrected chi connectivity index (χ1v) is 11.6. The zero-order valence-electron chi connectivity index (χ0n) is 16.2. The fourth-order valence-corrected chi connectivity index (χ4v) is 5.27. The third-order valence-electron chi connectivity index (χ3n) is 5.61. The molecule has 5 nitrogen and oxygen atoms in total. The Morgan fingerprint density at radius 3 is 2.64 bits per heavy atom. The average Bonchev–Trinajstić information content (AvgIpc) is 3.00. The second-order valence-corrected chi connectivity index (χ2v) is 10.0. The topological polar surface area (TPSA) is 75.6 Å². The Bertz CT molecular complexity index is 875. The fraction of sp³-hybridized carbons (Fsp3) is 0.524. The molecule has 2 unspecified atom stereocenters. The molecule has 0 bridgehead atoms. The van der Waals surface area contributed by atoms with Crippen LogP contribution in [0.2, 0.25) is 0 Å². The first kappa shape index (κ1) is 20.7. The summed E-state index contributed by atoms with van der Waals surface area (Å²) in [6, 6.07) is 6.60. The van der Waals surface area contributed by atoms with Crippen LogP contribution in [0.1, 0.15) is 44.6 Å². The Morgan fingerprint density at radius 2 is 1.96 bits per heavy atom. The summed E-state index contributed by atoms with van der Waals surface area (Å²) >= 11 is 0. The SMILES string of the molecule is CC1CC/C(Cc2ccc(F)cc2)=C\CCC1C(=O)N/N=C1/CCS(=O)(=O)C1. The van der Waals surface area contributed by atoms with E-state index in [9.17, 15) is 17.6 Å². The van der Waals surface area contributed by atoms with E-state index in [1.165, 1.54) is 17.7 Å². The number of rotatable bonds is 4. The van der Waals surface area contributed by atoms with Crippen LogP contribution in [0.4, 0.5) is 4.39 Å². The summed E-state index contributed by atoms with van der Waals surface area (Å²) in [6.45, 7) is 2.08. The fourth-order valence-electron chi connectivity index (χ4n) is 3.86. The molecular weight excluding hydrogens is 379 g/mol. The van der Waals surface area contributed by atoms with Crippen LogP contribution < -0.4 is 5.43 Å². The van der Waals surface area contributed by atoms with Gasteiger partial charge in [0.2, 0.25) is 5.91 Å². The highest BCUT2D eigenvalue weighted by molar-refractivity contribution is 7.92. The molecule has 0 radical (unpaired) electrons. The molecule has 0 spiro atoms. The highest BCUT2D eigenvalue weighted by Gasteiger charge is 2.27. The summed E-state index contributed by atoms with van der Waals surface area (Å²) in [5, 5.41) is 4.05. The van der Waals surface area contributed by atoms with E-state index < -0.39 is 9.84 Å². The number of nitrogens with zero attached hydrogens (tertiary/aromatic N) is 1. The van der Waals surface area contributed by atoms with E-state index in [4.69, 9.17) is 0 Å². The highest BCUT2D eigenvalue weighted by atomic mass is 32.2. The molecule has 1 fully saturated rings. The predicted octanol–water partition coefficient (Wildman–Crippen LogP) is 3.41. The summed E-state index contributed by atoms with van der Waals surface area (Å²) in [4.78, 5) is 12.6. The number of benzene rings is 1. The summed E-state index contributed by atoms with van der Waals surface area (Å²) in [7, 11) is -3.03. The third-order valence-corrected chi connectivity index (χ3v) is 7.21. The summed E-state index contributed by atoms with van der Waals surface area (Å²) < 4.78 is 36.0. The molecule has 1 N–H and O–H groups in total. The van der Waals surface area contributed by atoms with Crippen LogP contribution in [-0.2, 0) is 21.1 Å². The smallest absolute Gasteiger partial charge is 0.243 e. The zero-order valence-corrected chi connectivity index (χ0v) is 17.0. The van der Waals surface area contributed by atoms with Crippen molar-refractivity contribution in [3.8, 4) is 0 Å². The number of carbonyl (C=O) groups excluding carboxylic acids is 1. The number of amides is 1. The number of allylic oxidation sites excluding steroid dienone is 2. The van der Waals surface area contributed by atoms with Gasteiger partial charge in [-0.15, -0.1) is 0 Å². The lowest BCUT2D eigenvalue weighted by Gasteiger charge is -2.25. The normalized spacial score (nSPS) is 28.2. The van der Waals surface area contributed by atoms with Crippen LogP contribution in [0.3, 0.4) is 0 Å². The molecule has 7 heteroatoms. The van der Waals surface area contributed by atoms with Gasteiger partial charge in [-0.05, 0) is 55.7 Å². The van der Waals surface area contributed by atoms with Gasteiger partial charge >= 0.3 is 0 Å². The molecule has 28 heavy (non-hydrogen) atoms. The molecule has 152 valence electrons. The molecule has 2 aliphatic rings. The molecule has 2 atom stereocenters. The number of halogens is 1. The molecule has 1 aromatic rings. The summed E-state index contributed by atoms with van der Waals surface area (Å²) in [5.41, 5.74) is 5.55. The maximum Gasteiger partial charge on any atom is 0.243 e. The Kier molecular flexibility index (Phi) is 6.65. The minimum absolute atomic E-state index is 0.0526. The number of hydrazone groups is 1. The maximum absolute atomic E-state index is 13.1. The molecule has 1 heterocycles. The van der Waals surface area contributed by atoms with Crippen molar-refractivity contribution in [2.75, 3.05) is 11.5 Å². The molecule has 1 aliphatic carbocycles. The first-order chi connectivity index (χ1) is 13.3. The Labute approximate surface area is 166 Å². The molecule has 0 aromatic heterocycles. The van der Waals surface area contributed by atoms with Gasteiger partial charge in [0.15, 0.2) is 9.84 Å². The zero-order chi connectivity index (χ0) is 20.1. The van der Waals surface area contributed by atoms with Crippen molar-refractivity contribution in [1.29, 1.82) is 0 Å².